The van der Waals surface area contributed by atoms with Gasteiger partial charge in [-0.1, -0.05) is 0 Å². The summed E-state index contributed by atoms with van der Waals surface area (Å²) in [5.41, 5.74) is 0. The summed E-state index contributed by atoms with van der Waals surface area (Å²) in [5.74, 6) is 0.282. The average molecular weight is 214 g/mol. The maximum Gasteiger partial charge on any atom is 0.304 e. The Morgan fingerprint density at radius 3 is 2.58 bits per heavy atom. The molecule has 0 radical (unpaired) electrons. The summed E-state index contributed by atoms with van der Waals surface area (Å²) < 4.78 is 0. The smallest absolute Gasteiger partial charge is 0.304 e. The topological polar surface area (TPSA) is 49.3 Å². The van der Waals surface area contributed by atoms with Crippen molar-refractivity contribution in [2.75, 3.05) is 19.1 Å². The molecule has 12 heavy (non-hydrogen) atoms. The molecule has 0 saturated heterocycles. The van der Waals surface area contributed by atoms with Gasteiger partial charge in [0.1, 0.15) is 0 Å². The normalized spacial score (nSPS) is 11.8. The van der Waals surface area contributed by atoms with Crippen LogP contribution in [0.1, 0.15) is 12.8 Å². The van der Waals surface area contributed by atoms with Gasteiger partial charge in [0.2, 0.25) is 0 Å². The van der Waals surface area contributed by atoms with Crippen molar-refractivity contribution >= 4 is 30.1 Å². The van der Waals surface area contributed by atoms with Crippen LogP contribution >= 0.6 is 24.2 Å². The van der Waals surface area contributed by atoms with E-state index in [0.29, 0.717) is 0 Å². The van der Waals surface area contributed by atoms with Gasteiger partial charge in [-0.15, -0.1) is 12.4 Å². The average Bonchev–Trinajstić information content (AvgIpc) is 1.97. The lowest BCUT2D eigenvalue weighted by Gasteiger charge is -2.11. The fourth-order valence-electron chi connectivity index (χ4n) is 0.819. The van der Waals surface area contributed by atoms with Crippen molar-refractivity contribution in [1.29, 1.82) is 0 Å². The van der Waals surface area contributed by atoms with Gasteiger partial charge in [0, 0.05) is 6.04 Å². The van der Waals surface area contributed by atoms with Crippen molar-refractivity contribution in [2.45, 2.75) is 18.9 Å². The van der Waals surface area contributed by atoms with Crippen LogP contribution in [0.15, 0.2) is 0 Å². The van der Waals surface area contributed by atoms with Crippen molar-refractivity contribution in [3.63, 3.8) is 0 Å². The van der Waals surface area contributed by atoms with E-state index in [1.54, 1.807) is 18.8 Å². The molecular formula is C7H16ClNO2S. The molecule has 0 heterocycles. The second-order valence-electron chi connectivity index (χ2n) is 2.36. The number of nitrogens with one attached hydrogen (secondary N) is 1. The van der Waals surface area contributed by atoms with E-state index in [1.165, 1.54) is 0 Å². The number of hydrogen-bond donors (Lipinski definition) is 2. The fraction of sp³-hybridized carbons (Fsp3) is 0.857. The number of halogens is 1. The van der Waals surface area contributed by atoms with Gasteiger partial charge < -0.3 is 10.4 Å². The molecule has 0 fully saturated rings. The van der Waals surface area contributed by atoms with Crippen molar-refractivity contribution in [3.8, 4) is 0 Å². The van der Waals surface area contributed by atoms with Crippen molar-refractivity contribution < 1.29 is 9.90 Å². The summed E-state index contributed by atoms with van der Waals surface area (Å²) in [6, 6.07) is 0.125. The van der Waals surface area contributed by atoms with Crippen LogP contribution in [-0.2, 0) is 4.79 Å². The standard InChI is InChI=1S/C7H15NO2S.ClH/c1-8-6(3-4-11-2)5-7(9)10;/h6,8H,3-5H2,1-2H3,(H,9,10);1H/t6-;/m0./s1. The zero-order chi connectivity index (χ0) is 8.69. The van der Waals surface area contributed by atoms with Crippen LogP contribution in [-0.4, -0.2) is 36.2 Å². The first-order valence-electron chi connectivity index (χ1n) is 3.58. The summed E-state index contributed by atoms with van der Waals surface area (Å²) in [4.78, 5) is 10.3. The van der Waals surface area contributed by atoms with Gasteiger partial charge in [-0.2, -0.15) is 11.8 Å². The third-order valence-corrected chi connectivity index (χ3v) is 2.14. The van der Waals surface area contributed by atoms with Crippen LogP contribution < -0.4 is 5.32 Å². The van der Waals surface area contributed by atoms with E-state index in [0.717, 1.165) is 12.2 Å². The molecule has 0 aromatic carbocycles. The number of aliphatic carboxylic acids is 1. The molecule has 2 N–H and O–H groups in total. The van der Waals surface area contributed by atoms with Gasteiger partial charge in [-0.3, -0.25) is 4.79 Å². The first-order valence-corrected chi connectivity index (χ1v) is 4.98. The number of carbonyl (C=O) groups is 1. The first-order chi connectivity index (χ1) is 5.20. The van der Waals surface area contributed by atoms with E-state index < -0.39 is 5.97 Å². The highest BCUT2D eigenvalue weighted by Gasteiger charge is 2.09. The highest BCUT2D eigenvalue weighted by molar-refractivity contribution is 7.98. The molecule has 0 saturated carbocycles. The Kier molecular flexibility index (Phi) is 11.1. The third-order valence-electron chi connectivity index (χ3n) is 1.50. The molecule has 0 spiro atoms. The zero-order valence-electron chi connectivity index (χ0n) is 7.37. The minimum atomic E-state index is -0.731. The number of rotatable bonds is 6. The predicted octanol–water partition coefficient (Wildman–Crippen LogP) is 1.22. The van der Waals surface area contributed by atoms with Crippen molar-refractivity contribution in [2.24, 2.45) is 0 Å². The second kappa shape index (κ2) is 9.16. The minimum absolute atomic E-state index is 0. The van der Waals surface area contributed by atoms with E-state index in [1.807, 2.05) is 6.26 Å². The van der Waals surface area contributed by atoms with E-state index in [9.17, 15) is 4.79 Å². The summed E-state index contributed by atoms with van der Waals surface area (Å²) in [5, 5.41) is 11.4. The number of carboxylic acid groups (broad SMARTS) is 1. The van der Waals surface area contributed by atoms with Crippen LogP contribution in [0.5, 0.6) is 0 Å². The van der Waals surface area contributed by atoms with Gasteiger partial charge in [-0.05, 0) is 25.5 Å². The van der Waals surface area contributed by atoms with E-state index in [2.05, 4.69) is 5.32 Å². The largest absolute Gasteiger partial charge is 0.481 e. The Morgan fingerprint density at radius 2 is 2.25 bits per heavy atom. The van der Waals surface area contributed by atoms with E-state index in [4.69, 9.17) is 5.11 Å². The third kappa shape index (κ3) is 8.17. The number of carboxylic acids is 1. The Morgan fingerprint density at radius 1 is 1.67 bits per heavy atom. The lowest BCUT2D eigenvalue weighted by atomic mass is 10.1. The molecule has 1 atom stereocenters. The Balaban J connectivity index is 0. The number of thioether (sulfide) groups is 1. The van der Waals surface area contributed by atoms with Crippen LogP contribution in [0.4, 0.5) is 0 Å². The van der Waals surface area contributed by atoms with Crippen LogP contribution in [0.2, 0.25) is 0 Å². The van der Waals surface area contributed by atoms with Gasteiger partial charge in [-0.25, -0.2) is 0 Å². The Bertz CT molecular complexity index is 124. The summed E-state index contributed by atoms with van der Waals surface area (Å²) in [7, 11) is 1.80. The molecule has 0 bridgehead atoms. The summed E-state index contributed by atoms with van der Waals surface area (Å²) in [6.07, 6.45) is 3.16. The SMILES string of the molecule is CN[C@@H](CCSC)CC(=O)O.Cl. The van der Waals surface area contributed by atoms with Gasteiger partial charge in [0.15, 0.2) is 0 Å². The summed E-state index contributed by atoms with van der Waals surface area (Å²) >= 11 is 1.74. The lowest BCUT2D eigenvalue weighted by molar-refractivity contribution is -0.137. The maximum atomic E-state index is 10.3. The van der Waals surface area contributed by atoms with Gasteiger partial charge in [0.05, 0.1) is 6.42 Å². The highest BCUT2D eigenvalue weighted by atomic mass is 35.5. The van der Waals surface area contributed by atoms with Gasteiger partial charge >= 0.3 is 5.97 Å². The van der Waals surface area contributed by atoms with Gasteiger partial charge in [0.25, 0.3) is 0 Å². The van der Waals surface area contributed by atoms with Crippen LogP contribution in [0.3, 0.4) is 0 Å². The number of hydrogen-bond acceptors (Lipinski definition) is 3. The highest BCUT2D eigenvalue weighted by Crippen LogP contribution is 2.03. The summed E-state index contributed by atoms with van der Waals surface area (Å²) in [6.45, 7) is 0. The Hall–Kier alpha value is 0.0700. The quantitative estimate of drug-likeness (QED) is 0.697. The molecule has 0 amide bonds. The molecule has 3 nitrogen and oxygen atoms in total. The molecule has 5 heteroatoms. The molecule has 0 unspecified atom stereocenters. The van der Waals surface area contributed by atoms with Crippen LogP contribution in [0.25, 0.3) is 0 Å². The molecule has 0 aromatic rings. The monoisotopic (exact) mass is 213 g/mol. The van der Waals surface area contributed by atoms with Crippen molar-refractivity contribution in [3.05, 3.63) is 0 Å². The van der Waals surface area contributed by atoms with E-state index >= 15 is 0 Å². The lowest BCUT2D eigenvalue weighted by Crippen LogP contribution is -2.28. The minimum Gasteiger partial charge on any atom is -0.481 e. The molecule has 0 aliphatic rings. The molecule has 0 aliphatic carbocycles. The van der Waals surface area contributed by atoms with E-state index in [-0.39, 0.29) is 24.9 Å². The molecular weight excluding hydrogens is 198 g/mol. The first kappa shape index (κ1) is 14.6. The van der Waals surface area contributed by atoms with Crippen molar-refractivity contribution in [1.82, 2.24) is 5.32 Å². The second-order valence-corrected chi connectivity index (χ2v) is 3.35. The molecule has 74 valence electrons. The molecule has 0 rings (SSSR count). The predicted molar refractivity (Wildman–Crippen MR) is 55.3 cm³/mol. The molecule has 0 aliphatic heterocycles. The Labute approximate surface area is 83.7 Å². The molecule has 0 aromatic heterocycles. The zero-order valence-corrected chi connectivity index (χ0v) is 9.00. The maximum absolute atomic E-state index is 10.3. The fourth-order valence-corrected chi connectivity index (χ4v) is 1.34. The van der Waals surface area contributed by atoms with Crippen LogP contribution in [0, 0.1) is 0 Å².